The number of nitrogens with zero attached hydrogens (tertiary/aromatic N) is 3. The van der Waals surface area contributed by atoms with E-state index >= 15 is 0 Å². The van der Waals surface area contributed by atoms with Crippen LogP contribution in [0.4, 0.5) is 0 Å². The van der Waals surface area contributed by atoms with Gasteiger partial charge in [-0.05, 0) is 87.2 Å². The summed E-state index contributed by atoms with van der Waals surface area (Å²) in [7, 11) is 5.81. The molecule has 1 aliphatic carbocycles. The summed E-state index contributed by atoms with van der Waals surface area (Å²) in [6.07, 6.45) is 10.9. The molecule has 0 radical (unpaired) electrons. The van der Waals surface area contributed by atoms with Gasteiger partial charge in [0.25, 0.3) is 0 Å². The first-order valence-corrected chi connectivity index (χ1v) is 20.4. The van der Waals surface area contributed by atoms with Crippen molar-refractivity contribution in [1.29, 1.82) is 0 Å². The Kier molecular flexibility index (Phi) is 14.7. The molecule has 0 bridgehead atoms. The second kappa shape index (κ2) is 19.8. The molecule has 1 unspecified atom stereocenters. The maximum atomic E-state index is 10.8. The molecule has 0 saturated heterocycles. The second-order valence-electron chi connectivity index (χ2n) is 14.8. The number of hydrogen-bond acceptors (Lipinski definition) is 7. The Hall–Kier alpha value is -3.92. The highest BCUT2D eigenvalue weighted by Gasteiger charge is 2.20. The molecule has 5 aromatic rings. The molecule has 1 fully saturated rings. The number of likely N-dealkylation sites (N-methyl/N-ethyl adjacent to an activating group) is 1. The van der Waals surface area contributed by atoms with Crippen LogP contribution in [0.2, 0.25) is 10.0 Å². The minimum absolute atomic E-state index is 0.221. The minimum Gasteiger partial charge on any atom is -0.496 e. The van der Waals surface area contributed by atoms with Crippen molar-refractivity contribution >= 4 is 40.4 Å². The van der Waals surface area contributed by atoms with Crippen LogP contribution in [0.25, 0.3) is 33.2 Å². The lowest BCUT2D eigenvalue weighted by atomic mass is 9.89. The molecular formula is C45H55Cl2N5O3. The number of aromatic nitrogens is 2. The molecule has 4 aromatic carbocycles. The number of carbonyl (C=O) groups is 1. The molecule has 1 atom stereocenters. The van der Waals surface area contributed by atoms with E-state index in [-0.39, 0.29) is 6.04 Å². The Morgan fingerprint density at radius 3 is 2.51 bits per heavy atom. The van der Waals surface area contributed by atoms with E-state index in [1.165, 1.54) is 32.1 Å². The van der Waals surface area contributed by atoms with E-state index < -0.39 is 0 Å². The third-order valence-corrected chi connectivity index (χ3v) is 11.7. The molecule has 10 heteroatoms. The highest BCUT2D eigenvalue weighted by Crippen LogP contribution is 2.41. The van der Waals surface area contributed by atoms with Crippen molar-refractivity contribution in [2.45, 2.75) is 77.5 Å². The van der Waals surface area contributed by atoms with Crippen LogP contribution in [-0.4, -0.2) is 67.9 Å². The van der Waals surface area contributed by atoms with Crippen LogP contribution in [-0.2, 0) is 24.4 Å². The summed E-state index contributed by atoms with van der Waals surface area (Å²) in [5.74, 6) is 2.44. The largest absolute Gasteiger partial charge is 0.496 e. The number of fused-ring (bicyclic) bond motifs is 1. The van der Waals surface area contributed by atoms with E-state index in [9.17, 15) is 4.79 Å². The van der Waals surface area contributed by atoms with Crippen LogP contribution in [0, 0.1) is 5.92 Å². The average molecular weight is 785 g/mol. The minimum atomic E-state index is 0.221. The molecule has 1 heterocycles. The number of aldehydes is 1. The van der Waals surface area contributed by atoms with E-state index in [0.717, 1.165) is 99.6 Å². The Balaban J connectivity index is 1.21. The predicted octanol–water partition coefficient (Wildman–Crippen LogP) is 9.80. The molecule has 55 heavy (non-hydrogen) atoms. The first-order chi connectivity index (χ1) is 26.8. The highest BCUT2D eigenvalue weighted by atomic mass is 35.5. The predicted molar refractivity (Wildman–Crippen MR) is 227 cm³/mol. The fourth-order valence-corrected chi connectivity index (χ4v) is 8.57. The van der Waals surface area contributed by atoms with Crippen molar-refractivity contribution in [3.8, 4) is 33.8 Å². The summed E-state index contributed by atoms with van der Waals surface area (Å²) in [5.41, 5.74) is 7.95. The topological polar surface area (TPSA) is 80.6 Å². The highest BCUT2D eigenvalue weighted by molar-refractivity contribution is 6.36. The van der Waals surface area contributed by atoms with Crippen LogP contribution in [0.1, 0.15) is 68.6 Å². The molecule has 1 aliphatic rings. The summed E-state index contributed by atoms with van der Waals surface area (Å²) in [5, 5.41) is 14.0. The SMILES string of the molecule is CCOc1cc(Cn2ncc3c(-c4cccc(-c5ccc(CNCC(CCC=O)NC)c(OC)c5)c4Cl)cccc32)c(Cl)cc1CN(C)CC1CCCCC1. The Morgan fingerprint density at radius 1 is 0.964 bits per heavy atom. The van der Waals surface area contributed by atoms with Crippen LogP contribution in [0.5, 0.6) is 11.5 Å². The van der Waals surface area contributed by atoms with Gasteiger partial charge in [0, 0.05) is 71.3 Å². The van der Waals surface area contributed by atoms with Gasteiger partial charge in [0.1, 0.15) is 17.8 Å². The van der Waals surface area contributed by atoms with Crippen molar-refractivity contribution in [3.05, 3.63) is 99.7 Å². The monoisotopic (exact) mass is 783 g/mol. The summed E-state index contributed by atoms with van der Waals surface area (Å²) < 4.78 is 14.0. The third kappa shape index (κ3) is 10.1. The smallest absolute Gasteiger partial charge is 0.124 e. The number of rotatable bonds is 19. The molecule has 292 valence electrons. The fraction of sp³-hybridized carbons (Fsp3) is 0.422. The first-order valence-electron chi connectivity index (χ1n) is 19.7. The van der Waals surface area contributed by atoms with Crippen molar-refractivity contribution in [1.82, 2.24) is 25.3 Å². The van der Waals surface area contributed by atoms with Gasteiger partial charge in [-0.15, -0.1) is 0 Å². The van der Waals surface area contributed by atoms with Crippen LogP contribution in [0.15, 0.2) is 72.9 Å². The van der Waals surface area contributed by atoms with Crippen molar-refractivity contribution in [2.24, 2.45) is 5.92 Å². The van der Waals surface area contributed by atoms with Gasteiger partial charge in [-0.1, -0.05) is 84.9 Å². The van der Waals surface area contributed by atoms with E-state index in [1.54, 1.807) is 7.11 Å². The molecule has 0 amide bonds. The standard InChI is InChI=1S/C45H55Cl2N5O3/c1-5-55-44-24-34(41(46)22-35(44)29-51(3)28-31-12-7-6-8-13-31)30-52-42-18-10-16-38(40(42)27-50-52)39-17-9-15-37(45(39)47)32-19-20-33(43(23-32)54-4)25-49-26-36(48-2)14-11-21-53/h9-10,15-24,27,31,36,48-49H,5-8,11-14,25-26,28-30H2,1-4H3. The van der Waals surface area contributed by atoms with E-state index in [0.29, 0.717) is 36.2 Å². The van der Waals surface area contributed by atoms with Crippen molar-refractivity contribution < 1.29 is 14.3 Å². The van der Waals surface area contributed by atoms with Crippen molar-refractivity contribution in [2.75, 3.05) is 40.9 Å². The van der Waals surface area contributed by atoms with E-state index in [4.69, 9.17) is 37.8 Å². The summed E-state index contributed by atoms with van der Waals surface area (Å²) in [6, 6.07) is 23.0. The maximum absolute atomic E-state index is 10.8. The zero-order valence-corrected chi connectivity index (χ0v) is 34.2. The molecule has 6 rings (SSSR count). The van der Waals surface area contributed by atoms with Gasteiger partial charge in [0.2, 0.25) is 0 Å². The molecule has 8 nitrogen and oxygen atoms in total. The van der Waals surface area contributed by atoms with Gasteiger partial charge < -0.3 is 29.8 Å². The third-order valence-electron chi connectivity index (χ3n) is 10.9. The molecule has 1 saturated carbocycles. The summed E-state index contributed by atoms with van der Waals surface area (Å²) in [4.78, 5) is 13.2. The van der Waals surface area contributed by atoms with Gasteiger partial charge in [-0.3, -0.25) is 4.68 Å². The fourth-order valence-electron chi connectivity index (χ4n) is 7.98. The van der Waals surface area contributed by atoms with E-state index in [1.807, 2.05) is 43.0 Å². The summed E-state index contributed by atoms with van der Waals surface area (Å²) in [6.45, 7) is 6.41. The zero-order chi connectivity index (χ0) is 38.7. The lowest BCUT2D eigenvalue weighted by Crippen LogP contribution is -2.36. The van der Waals surface area contributed by atoms with Crippen LogP contribution < -0.4 is 20.1 Å². The maximum Gasteiger partial charge on any atom is 0.124 e. The second-order valence-corrected chi connectivity index (χ2v) is 15.6. The van der Waals surface area contributed by atoms with Gasteiger partial charge in [0.15, 0.2) is 0 Å². The first kappa shape index (κ1) is 40.7. The molecule has 1 aromatic heterocycles. The lowest BCUT2D eigenvalue weighted by Gasteiger charge is -2.27. The lowest BCUT2D eigenvalue weighted by molar-refractivity contribution is -0.108. The normalized spacial score (nSPS) is 14.1. The molecular weight excluding hydrogens is 729 g/mol. The van der Waals surface area contributed by atoms with Crippen LogP contribution in [0.3, 0.4) is 0 Å². The number of benzene rings is 4. The number of carbonyl (C=O) groups excluding carboxylic acids is 1. The Morgan fingerprint density at radius 2 is 1.75 bits per heavy atom. The Labute approximate surface area is 336 Å². The number of nitrogens with one attached hydrogen (secondary N) is 2. The zero-order valence-electron chi connectivity index (χ0n) is 32.7. The van der Waals surface area contributed by atoms with Gasteiger partial charge in [0.05, 0.1) is 37.0 Å². The van der Waals surface area contributed by atoms with Crippen molar-refractivity contribution in [3.63, 3.8) is 0 Å². The number of ether oxygens (including phenoxy) is 2. The van der Waals surface area contributed by atoms with Gasteiger partial charge in [-0.2, -0.15) is 5.10 Å². The van der Waals surface area contributed by atoms with Crippen LogP contribution >= 0.6 is 23.2 Å². The quantitative estimate of drug-likeness (QED) is 0.0808. The molecule has 2 N–H and O–H groups in total. The van der Waals surface area contributed by atoms with Gasteiger partial charge >= 0.3 is 0 Å². The molecule has 0 aliphatic heterocycles. The number of methoxy groups -OCH3 is 1. The summed E-state index contributed by atoms with van der Waals surface area (Å²) >= 11 is 14.3. The Bertz CT molecular complexity index is 2040. The molecule has 0 spiro atoms. The van der Waals surface area contributed by atoms with Gasteiger partial charge in [-0.25, -0.2) is 0 Å². The average Bonchev–Trinajstić information content (AvgIpc) is 3.61. The van der Waals surface area contributed by atoms with E-state index in [2.05, 4.69) is 71.1 Å². The number of hydrogen-bond donors (Lipinski definition) is 2. The number of halogens is 2.